The number of rotatable bonds is 4. The van der Waals surface area contributed by atoms with Gasteiger partial charge < -0.3 is 0 Å². The summed E-state index contributed by atoms with van der Waals surface area (Å²) in [5.74, 6) is 2.08. The van der Waals surface area contributed by atoms with Gasteiger partial charge in [0.1, 0.15) is 39.2 Å². The fourth-order valence-electron chi connectivity index (χ4n) is 8.41. The molecule has 0 amide bonds. The highest BCUT2D eigenvalue weighted by atomic mass is 32.1. The van der Waals surface area contributed by atoms with E-state index in [-0.39, 0.29) is 0 Å². The van der Waals surface area contributed by atoms with E-state index in [1.165, 1.54) is 90.9 Å². The van der Waals surface area contributed by atoms with Crippen molar-refractivity contribution in [1.82, 2.24) is 15.0 Å². The Labute approximate surface area is 322 Å². The zero-order valence-corrected chi connectivity index (χ0v) is 31.8. The van der Waals surface area contributed by atoms with Gasteiger partial charge in [-0.15, -0.1) is 27.7 Å². The minimum atomic E-state index is 0.681. The minimum Gasteiger partial charge on any atom is -0.208 e. The lowest BCUT2D eigenvalue weighted by molar-refractivity contribution is 1.08. The third kappa shape index (κ3) is 5.06. The largest absolute Gasteiger partial charge is 0.208 e. The van der Waals surface area contributed by atoms with Crippen molar-refractivity contribution in [3.63, 3.8) is 0 Å². The Morgan fingerprint density at radius 2 is 0.852 bits per heavy atom. The van der Waals surface area contributed by atoms with Gasteiger partial charge in [0, 0.05) is 36.9 Å². The maximum atomic E-state index is 5.22. The zero-order chi connectivity index (χ0) is 36.7. The molecule has 0 bridgehead atoms. The van der Waals surface area contributed by atoms with Gasteiger partial charge in [0.25, 0.3) is 0 Å². The Morgan fingerprint density at radius 1 is 0.352 bits per heavy atom. The molecule has 0 radical (unpaired) electrons. The Balaban J connectivity index is 1.15. The van der Waals surface area contributed by atoms with E-state index in [9.17, 15) is 0 Å². The summed E-state index contributed by atoms with van der Waals surface area (Å²) in [6, 6.07) is 48.2. The molecule has 9 heteroatoms. The van der Waals surface area contributed by atoms with Crippen LogP contribution in [0.15, 0.2) is 133 Å². The molecule has 10 aromatic rings. The molecule has 0 fully saturated rings. The van der Waals surface area contributed by atoms with Gasteiger partial charge in [-0.3, -0.25) is 0 Å². The Bertz CT molecular complexity index is 3120. The third-order valence-electron chi connectivity index (χ3n) is 11.7. The summed E-state index contributed by atoms with van der Waals surface area (Å²) in [6.45, 7) is 0. The average molecular weight is 701 g/mol. The fourth-order valence-corrected chi connectivity index (χ4v) is 9.69. The smallest absolute Gasteiger partial charge is 0.164 e. The predicted octanol–water partition coefficient (Wildman–Crippen LogP) is 3.66. The molecule has 0 atom stereocenters. The first-order valence-electron chi connectivity index (χ1n) is 18.5. The van der Waals surface area contributed by atoms with Gasteiger partial charge in [-0.25, -0.2) is 15.0 Å². The van der Waals surface area contributed by atoms with E-state index < -0.39 is 0 Å². The topological polar surface area (TPSA) is 38.7 Å². The molecule has 10 rings (SSSR count). The zero-order valence-electron chi connectivity index (χ0n) is 31.0. The lowest BCUT2D eigenvalue weighted by Gasteiger charge is -2.20. The number of benzene rings is 8. The van der Waals surface area contributed by atoms with Crippen LogP contribution in [0, 0.1) is 0 Å². The van der Waals surface area contributed by atoms with Gasteiger partial charge in [-0.05, 0) is 55.6 Å². The SMILES string of the molecule is Bc1c(B)c(B)c(-c2nc(-c3ccccc3)nc(-c3ccc4c(c3)sc3c(-c5ccc6c7ccccc7c7ccccc7c6c5)cccc34)n2)c(B)c1B. The third-order valence-corrected chi connectivity index (χ3v) is 12.9. The summed E-state index contributed by atoms with van der Waals surface area (Å²) in [6.07, 6.45) is 0. The van der Waals surface area contributed by atoms with Crippen LogP contribution >= 0.6 is 11.3 Å². The molecule has 0 aliphatic rings. The highest BCUT2D eigenvalue weighted by Gasteiger charge is 2.20. The van der Waals surface area contributed by atoms with E-state index in [1.54, 1.807) is 0 Å². The van der Waals surface area contributed by atoms with Crippen LogP contribution in [0.3, 0.4) is 0 Å². The molecule has 0 saturated heterocycles. The Hall–Kier alpha value is -5.91. The highest BCUT2D eigenvalue weighted by Crippen LogP contribution is 2.43. The first kappa shape index (κ1) is 32.7. The fraction of sp³-hybridized carbons (Fsp3) is 0. The van der Waals surface area contributed by atoms with Crippen molar-refractivity contribution in [3.8, 4) is 45.3 Å². The summed E-state index contributed by atoms with van der Waals surface area (Å²) in [4.78, 5) is 15.4. The van der Waals surface area contributed by atoms with Crippen molar-refractivity contribution in [2.75, 3.05) is 0 Å². The molecule has 0 aliphatic carbocycles. The molecule has 0 aliphatic heterocycles. The number of thiophene rings is 1. The van der Waals surface area contributed by atoms with Crippen LogP contribution in [0.2, 0.25) is 0 Å². The van der Waals surface area contributed by atoms with E-state index >= 15 is 0 Å². The molecule has 54 heavy (non-hydrogen) atoms. The summed E-state index contributed by atoms with van der Waals surface area (Å²) in [7, 11) is 11.0. The van der Waals surface area contributed by atoms with Crippen molar-refractivity contribution >= 4 is 130 Å². The number of aromatic nitrogens is 3. The Kier molecular flexibility index (Phi) is 7.64. The van der Waals surface area contributed by atoms with Crippen LogP contribution in [0.25, 0.3) is 97.8 Å². The number of hydrogen-bond acceptors (Lipinski definition) is 4. The summed E-state index contributed by atoms with van der Waals surface area (Å²) in [5.41, 5.74) is 11.9. The molecule has 0 unspecified atom stereocenters. The van der Waals surface area contributed by atoms with Crippen LogP contribution in [0.5, 0.6) is 0 Å². The maximum absolute atomic E-state index is 5.22. The van der Waals surface area contributed by atoms with Crippen molar-refractivity contribution < 1.29 is 0 Å². The molecule has 8 aromatic carbocycles. The van der Waals surface area contributed by atoms with Crippen LogP contribution < -0.4 is 27.3 Å². The maximum Gasteiger partial charge on any atom is 0.164 e. The molecular formula is C45H32B5N3S. The van der Waals surface area contributed by atoms with E-state index in [1.807, 2.05) is 29.5 Å². The van der Waals surface area contributed by atoms with Gasteiger partial charge in [0.15, 0.2) is 17.5 Å². The second-order valence-electron chi connectivity index (χ2n) is 14.5. The van der Waals surface area contributed by atoms with Crippen LogP contribution in [0.4, 0.5) is 0 Å². The molecule has 0 saturated carbocycles. The van der Waals surface area contributed by atoms with E-state index in [4.69, 9.17) is 15.0 Å². The lowest BCUT2D eigenvalue weighted by Crippen LogP contribution is -2.55. The first-order valence-corrected chi connectivity index (χ1v) is 19.4. The molecule has 0 N–H and O–H groups in total. The quantitative estimate of drug-likeness (QED) is 0.208. The molecule has 2 aromatic heterocycles. The van der Waals surface area contributed by atoms with Crippen molar-refractivity contribution in [2.24, 2.45) is 0 Å². The number of fused-ring (bicyclic) bond motifs is 9. The van der Waals surface area contributed by atoms with Gasteiger partial charge in [-0.1, -0.05) is 132 Å². The van der Waals surface area contributed by atoms with Gasteiger partial charge in [-0.2, -0.15) is 0 Å². The standard InChI is InChI=1S/C45H32B5N3S/c46-37-36(38(47)40(49)41(50)39(37)48)45-52-43(23-9-2-1-3-10-23)51-44(53-45)25-18-20-32-33-16-8-15-26(42(33)54-35(32)22-25)24-17-19-31-29-13-5-4-11-27(29)28-12-6-7-14-30(28)34(31)21-24/h1-22H,46-50H2. The van der Waals surface area contributed by atoms with Crippen molar-refractivity contribution in [2.45, 2.75) is 0 Å². The number of hydrogen-bond donors (Lipinski definition) is 0. The van der Waals surface area contributed by atoms with E-state index in [2.05, 4.69) is 154 Å². The van der Waals surface area contributed by atoms with Crippen molar-refractivity contribution in [1.29, 1.82) is 0 Å². The van der Waals surface area contributed by atoms with E-state index in [0.717, 1.165) is 22.5 Å². The van der Waals surface area contributed by atoms with Crippen LogP contribution in [-0.4, -0.2) is 54.2 Å². The minimum absolute atomic E-state index is 0.681. The summed E-state index contributed by atoms with van der Waals surface area (Å²) in [5, 5.41) is 10.2. The van der Waals surface area contributed by atoms with Crippen LogP contribution in [0.1, 0.15) is 0 Å². The highest BCUT2D eigenvalue weighted by molar-refractivity contribution is 7.26. The molecular weight excluding hydrogens is 669 g/mol. The van der Waals surface area contributed by atoms with Crippen molar-refractivity contribution in [3.05, 3.63) is 133 Å². The van der Waals surface area contributed by atoms with Gasteiger partial charge in [0.05, 0.1) is 0 Å². The molecule has 0 spiro atoms. The van der Waals surface area contributed by atoms with E-state index in [0.29, 0.717) is 11.6 Å². The molecule has 248 valence electrons. The predicted molar refractivity (Wildman–Crippen MR) is 248 cm³/mol. The first-order chi connectivity index (χ1) is 26.4. The second kappa shape index (κ2) is 12.6. The molecule has 2 heterocycles. The summed E-state index contributed by atoms with van der Waals surface area (Å²) < 4.78 is 2.50. The molecule has 3 nitrogen and oxygen atoms in total. The van der Waals surface area contributed by atoms with Gasteiger partial charge >= 0.3 is 0 Å². The average Bonchev–Trinajstić information content (AvgIpc) is 3.61. The lowest BCUT2D eigenvalue weighted by atomic mass is 9.60. The monoisotopic (exact) mass is 701 g/mol. The van der Waals surface area contributed by atoms with Gasteiger partial charge in [0.2, 0.25) is 0 Å². The second-order valence-corrected chi connectivity index (χ2v) is 15.6. The summed E-state index contributed by atoms with van der Waals surface area (Å²) >= 11 is 1.84. The normalized spacial score (nSPS) is 11.7. The van der Waals surface area contributed by atoms with Crippen LogP contribution in [-0.2, 0) is 0 Å². The Morgan fingerprint density at radius 3 is 1.52 bits per heavy atom. The number of nitrogens with zero attached hydrogens (tertiary/aromatic N) is 3.